The minimum atomic E-state index is -0.199. The van der Waals surface area contributed by atoms with E-state index in [4.69, 9.17) is 10.9 Å². The highest BCUT2D eigenvalue weighted by molar-refractivity contribution is 5.85. The number of hydrogen-bond acceptors (Lipinski definition) is 3. The highest BCUT2D eigenvalue weighted by atomic mass is 16.4. The van der Waals surface area contributed by atoms with Gasteiger partial charge in [0.25, 0.3) is 0 Å². The fraction of sp³-hybridized carbons (Fsp3) is 0.929. The van der Waals surface area contributed by atoms with Crippen LogP contribution in [0.3, 0.4) is 0 Å². The molecule has 0 bridgehead atoms. The van der Waals surface area contributed by atoms with Gasteiger partial charge < -0.3 is 16.3 Å². The smallest absolute Gasteiger partial charge is 0.144 e. The van der Waals surface area contributed by atoms with Crippen molar-refractivity contribution in [3.05, 3.63) is 0 Å². The maximum Gasteiger partial charge on any atom is 0.144 e. The Hall–Kier alpha value is -0.770. The molecule has 4 nitrogen and oxygen atoms in total. The van der Waals surface area contributed by atoms with Gasteiger partial charge in [0.1, 0.15) is 5.84 Å². The zero-order valence-corrected chi connectivity index (χ0v) is 12.1. The van der Waals surface area contributed by atoms with Crippen LogP contribution in [0.2, 0.25) is 0 Å². The molecule has 1 fully saturated rings. The van der Waals surface area contributed by atoms with Crippen molar-refractivity contribution in [3.63, 3.8) is 0 Å². The molecular formula is C14H29N3O. The Morgan fingerprint density at radius 3 is 2.56 bits per heavy atom. The third-order valence-corrected chi connectivity index (χ3v) is 4.41. The average molecular weight is 255 g/mol. The predicted octanol–water partition coefficient (Wildman–Crippen LogP) is 2.71. The Balaban J connectivity index is 2.05. The van der Waals surface area contributed by atoms with E-state index >= 15 is 0 Å². The topological polar surface area (TPSA) is 70.6 Å². The molecule has 106 valence electrons. The summed E-state index contributed by atoms with van der Waals surface area (Å²) in [5, 5.41) is 15.3. The summed E-state index contributed by atoms with van der Waals surface area (Å²) in [7, 11) is 0. The Morgan fingerprint density at radius 1 is 1.39 bits per heavy atom. The summed E-state index contributed by atoms with van der Waals surface area (Å²) in [6.45, 7) is 8.58. The second-order valence-electron chi connectivity index (χ2n) is 6.36. The van der Waals surface area contributed by atoms with Gasteiger partial charge >= 0.3 is 0 Å². The first kappa shape index (κ1) is 15.3. The molecule has 0 amide bonds. The van der Waals surface area contributed by atoms with E-state index in [1.54, 1.807) is 0 Å². The van der Waals surface area contributed by atoms with E-state index in [9.17, 15) is 0 Å². The quantitative estimate of drug-likeness (QED) is 0.195. The van der Waals surface area contributed by atoms with Gasteiger partial charge in [0.2, 0.25) is 0 Å². The van der Waals surface area contributed by atoms with Crippen molar-refractivity contribution in [2.45, 2.75) is 59.3 Å². The van der Waals surface area contributed by atoms with Gasteiger partial charge in [-0.3, -0.25) is 0 Å². The molecule has 0 radical (unpaired) electrons. The van der Waals surface area contributed by atoms with Crippen LogP contribution in [-0.2, 0) is 0 Å². The Labute approximate surface area is 111 Å². The van der Waals surface area contributed by atoms with Crippen LogP contribution in [0.1, 0.15) is 59.3 Å². The van der Waals surface area contributed by atoms with Crippen LogP contribution < -0.4 is 11.1 Å². The van der Waals surface area contributed by atoms with Gasteiger partial charge in [-0.1, -0.05) is 32.3 Å². The van der Waals surface area contributed by atoms with Crippen LogP contribution in [0.25, 0.3) is 0 Å². The second kappa shape index (κ2) is 6.41. The first-order valence-electron chi connectivity index (χ1n) is 7.14. The molecule has 0 atom stereocenters. The lowest BCUT2D eigenvalue weighted by molar-refractivity contribution is 0.304. The third-order valence-electron chi connectivity index (χ3n) is 4.41. The first-order valence-corrected chi connectivity index (χ1v) is 7.14. The van der Waals surface area contributed by atoms with Crippen LogP contribution in [-0.4, -0.2) is 24.1 Å². The molecular weight excluding hydrogens is 226 g/mol. The van der Waals surface area contributed by atoms with Gasteiger partial charge in [-0.15, -0.1) is 0 Å². The fourth-order valence-corrected chi connectivity index (χ4v) is 2.27. The summed E-state index contributed by atoms with van der Waals surface area (Å²) >= 11 is 0. The maximum absolute atomic E-state index is 8.69. The van der Waals surface area contributed by atoms with Gasteiger partial charge in [0.05, 0.1) is 0 Å². The molecule has 1 aliphatic carbocycles. The van der Waals surface area contributed by atoms with Crippen LogP contribution >= 0.6 is 0 Å². The van der Waals surface area contributed by atoms with Crippen LogP contribution in [0.5, 0.6) is 0 Å². The molecule has 18 heavy (non-hydrogen) atoms. The van der Waals surface area contributed by atoms with Crippen LogP contribution in [0.4, 0.5) is 0 Å². The number of oxime groups is 1. The number of nitrogens with zero attached hydrogens (tertiary/aromatic N) is 1. The van der Waals surface area contributed by atoms with E-state index in [-0.39, 0.29) is 5.41 Å². The fourth-order valence-electron chi connectivity index (χ4n) is 2.27. The van der Waals surface area contributed by atoms with E-state index in [1.165, 1.54) is 25.8 Å². The summed E-state index contributed by atoms with van der Waals surface area (Å²) in [5.41, 5.74) is 6.09. The summed E-state index contributed by atoms with van der Waals surface area (Å²) in [4.78, 5) is 0. The lowest BCUT2D eigenvalue weighted by Gasteiger charge is -2.22. The minimum absolute atomic E-state index is 0.199. The molecule has 0 heterocycles. The molecule has 1 aliphatic rings. The predicted molar refractivity (Wildman–Crippen MR) is 75.9 cm³/mol. The third kappa shape index (κ3) is 4.48. The first-order chi connectivity index (χ1) is 8.46. The van der Waals surface area contributed by atoms with Crippen LogP contribution in [0, 0.1) is 10.8 Å². The van der Waals surface area contributed by atoms with E-state index < -0.39 is 0 Å². The van der Waals surface area contributed by atoms with E-state index in [1.807, 2.05) is 13.8 Å². The van der Waals surface area contributed by atoms with Gasteiger partial charge in [-0.05, 0) is 44.1 Å². The van der Waals surface area contributed by atoms with Crippen molar-refractivity contribution >= 4 is 5.84 Å². The SMILES string of the molecule is CCC1(CNCCCCC(C)(C)C(N)=NO)CC1. The van der Waals surface area contributed by atoms with Gasteiger partial charge in [-0.25, -0.2) is 0 Å². The van der Waals surface area contributed by atoms with Gasteiger partial charge in [0, 0.05) is 12.0 Å². The molecule has 4 N–H and O–H groups in total. The van der Waals surface area contributed by atoms with Crippen LogP contribution in [0.15, 0.2) is 5.16 Å². The number of nitrogens with one attached hydrogen (secondary N) is 1. The number of rotatable bonds is 9. The minimum Gasteiger partial charge on any atom is -0.409 e. The Bertz CT molecular complexity index is 283. The Kier molecular flexibility index (Phi) is 5.45. The number of nitrogens with two attached hydrogens (primary N) is 1. The molecule has 0 saturated heterocycles. The lowest BCUT2D eigenvalue weighted by atomic mass is 9.86. The monoisotopic (exact) mass is 255 g/mol. The zero-order chi connectivity index (χ0) is 13.6. The van der Waals surface area contributed by atoms with E-state index in [0.717, 1.165) is 25.8 Å². The Morgan fingerprint density at radius 2 is 2.06 bits per heavy atom. The summed E-state index contributed by atoms with van der Waals surface area (Å²) in [5.74, 6) is 0.332. The summed E-state index contributed by atoms with van der Waals surface area (Å²) < 4.78 is 0. The standard InChI is InChI=1S/C14H29N3O/c1-4-14(8-9-14)11-16-10-6-5-7-13(2,3)12(15)17-18/h16,18H,4-11H2,1-3H3,(H2,15,17). The number of hydrogen-bond donors (Lipinski definition) is 3. The lowest BCUT2D eigenvalue weighted by Crippen LogP contribution is -2.32. The van der Waals surface area contributed by atoms with Crippen molar-refractivity contribution < 1.29 is 5.21 Å². The summed E-state index contributed by atoms with van der Waals surface area (Å²) in [6.07, 6.45) is 7.32. The van der Waals surface area contributed by atoms with Crippen molar-refractivity contribution in [1.29, 1.82) is 0 Å². The van der Waals surface area contributed by atoms with E-state index in [2.05, 4.69) is 17.4 Å². The molecule has 0 aromatic rings. The number of amidine groups is 1. The molecule has 0 unspecified atom stereocenters. The average Bonchev–Trinajstić information content (AvgIpc) is 3.13. The summed E-state index contributed by atoms with van der Waals surface area (Å²) in [6, 6.07) is 0. The van der Waals surface area contributed by atoms with Crippen molar-refractivity contribution in [2.24, 2.45) is 21.7 Å². The normalized spacial score (nSPS) is 18.9. The molecule has 0 spiro atoms. The van der Waals surface area contributed by atoms with Crippen molar-refractivity contribution in [1.82, 2.24) is 5.32 Å². The van der Waals surface area contributed by atoms with Crippen molar-refractivity contribution in [3.8, 4) is 0 Å². The highest BCUT2D eigenvalue weighted by Gasteiger charge is 2.39. The zero-order valence-electron chi connectivity index (χ0n) is 12.1. The molecule has 1 saturated carbocycles. The largest absolute Gasteiger partial charge is 0.409 e. The van der Waals surface area contributed by atoms with Gasteiger partial charge in [-0.2, -0.15) is 0 Å². The molecule has 4 heteroatoms. The second-order valence-corrected chi connectivity index (χ2v) is 6.36. The van der Waals surface area contributed by atoms with E-state index in [0.29, 0.717) is 11.3 Å². The maximum atomic E-state index is 8.69. The molecule has 0 aromatic carbocycles. The molecule has 1 rings (SSSR count). The highest BCUT2D eigenvalue weighted by Crippen LogP contribution is 2.47. The van der Waals surface area contributed by atoms with Gasteiger partial charge in [0.15, 0.2) is 0 Å². The van der Waals surface area contributed by atoms with Crippen molar-refractivity contribution in [2.75, 3.05) is 13.1 Å². The molecule has 0 aromatic heterocycles. The molecule has 0 aliphatic heterocycles. The number of unbranched alkanes of at least 4 members (excludes halogenated alkanes) is 1.